The van der Waals surface area contributed by atoms with Gasteiger partial charge in [0.15, 0.2) is 0 Å². The molecule has 0 aromatic carbocycles. The van der Waals surface area contributed by atoms with E-state index in [-0.39, 0.29) is 12.1 Å². The molecule has 1 heterocycles. The van der Waals surface area contributed by atoms with E-state index in [0.717, 1.165) is 0 Å². The number of rotatable bonds is 3. The fourth-order valence-electron chi connectivity index (χ4n) is 0.857. The number of nitrogens with zero attached hydrogens (tertiary/aromatic N) is 3. The highest BCUT2D eigenvalue weighted by molar-refractivity contribution is 4.87. The van der Waals surface area contributed by atoms with E-state index >= 15 is 0 Å². The molecule has 0 aliphatic carbocycles. The van der Waals surface area contributed by atoms with Crippen molar-refractivity contribution in [2.24, 2.45) is 5.18 Å². The van der Waals surface area contributed by atoms with Crippen LogP contribution in [0.2, 0.25) is 0 Å². The summed E-state index contributed by atoms with van der Waals surface area (Å²) in [5, 5.41) is 2.86. The first-order chi connectivity index (χ1) is 5.17. The lowest BCUT2D eigenvalue weighted by atomic mass is 10.1. The molecule has 0 saturated carbocycles. The SMILES string of the molecule is CC(C)(CN=O)n1ccnc1. The lowest BCUT2D eigenvalue weighted by Crippen LogP contribution is -2.28. The zero-order chi connectivity index (χ0) is 8.32. The number of hydrogen-bond acceptors (Lipinski definition) is 3. The van der Waals surface area contributed by atoms with Crippen LogP contribution < -0.4 is 0 Å². The molecule has 0 N–H and O–H groups in total. The Morgan fingerprint density at radius 3 is 2.82 bits per heavy atom. The maximum Gasteiger partial charge on any atom is 0.104 e. The van der Waals surface area contributed by atoms with Gasteiger partial charge in [-0.05, 0) is 13.8 Å². The highest BCUT2D eigenvalue weighted by atomic mass is 16.3. The Bertz CT molecular complexity index is 228. The average molecular weight is 153 g/mol. The van der Waals surface area contributed by atoms with E-state index in [9.17, 15) is 4.91 Å². The molecule has 1 rings (SSSR count). The van der Waals surface area contributed by atoms with Crippen LogP contribution in [-0.4, -0.2) is 16.1 Å². The van der Waals surface area contributed by atoms with E-state index in [2.05, 4.69) is 10.2 Å². The van der Waals surface area contributed by atoms with Crippen LogP contribution in [0.25, 0.3) is 0 Å². The van der Waals surface area contributed by atoms with Crippen LogP contribution in [0.1, 0.15) is 13.8 Å². The quantitative estimate of drug-likeness (QED) is 0.616. The summed E-state index contributed by atoms with van der Waals surface area (Å²) in [6.07, 6.45) is 5.20. The van der Waals surface area contributed by atoms with Gasteiger partial charge in [-0.2, -0.15) is 4.91 Å². The fourth-order valence-corrected chi connectivity index (χ4v) is 0.857. The lowest BCUT2D eigenvalue weighted by molar-refractivity contribution is 0.366. The first-order valence-electron chi connectivity index (χ1n) is 3.44. The number of nitroso groups, excluding NO2 is 1. The van der Waals surface area contributed by atoms with Crippen molar-refractivity contribution in [3.05, 3.63) is 23.6 Å². The number of hydrogen-bond donors (Lipinski definition) is 0. The van der Waals surface area contributed by atoms with Crippen molar-refractivity contribution in [2.75, 3.05) is 6.54 Å². The van der Waals surface area contributed by atoms with Crippen LogP contribution in [0.15, 0.2) is 23.9 Å². The molecule has 0 unspecified atom stereocenters. The molecule has 1 aromatic heterocycles. The maximum atomic E-state index is 10.0. The van der Waals surface area contributed by atoms with Crippen LogP contribution in [-0.2, 0) is 5.54 Å². The van der Waals surface area contributed by atoms with Crippen LogP contribution in [0.3, 0.4) is 0 Å². The maximum absolute atomic E-state index is 10.0. The summed E-state index contributed by atoms with van der Waals surface area (Å²) in [5.74, 6) is 0. The van der Waals surface area contributed by atoms with E-state index in [1.165, 1.54) is 0 Å². The fraction of sp³-hybridized carbons (Fsp3) is 0.571. The summed E-state index contributed by atoms with van der Waals surface area (Å²) >= 11 is 0. The summed E-state index contributed by atoms with van der Waals surface area (Å²) in [5.41, 5.74) is -0.252. The first-order valence-corrected chi connectivity index (χ1v) is 3.44. The Hall–Kier alpha value is -1.19. The van der Waals surface area contributed by atoms with Gasteiger partial charge < -0.3 is 4.57 Å². The van der Waals surface area contributed by atoms with Gasteiger partial charge in [0.25, 0.3) is 0 Å². The van der Waals surface area contributed by atoms with Crippen molar-refractivity contribution in [1.29, 1.82) is 0 Å². The molecule has 4 nitrogen and oxygen atoms in total. The van der Waals surface area contributed by atoms with Gasteiger partial charge in [-0.3, -0.25) is 0 Å². The van der Waals surface area contributed by atoms with E-state index in [4.69, 9.17) is 0 Å². The molecule has 0 spiro atoms. The van der Waals surface area contributed by atoms with Crippen molar-refractivity contribution < 1.29 is 0 Å². The molecule has 0 aliphatic rings. The molecule has 0 fully saturated rings. The van der Waals surface area contributed by atoms with E-state index in [0.29, 0.717) is 0 Å². The summed E-state index contributed by atoms with van der Waals surface area (Å²) in [4.78, 5) is 13.9. The minimum Gasteiger partial charge on any atom is -0.330 e. The second-order valence-corrected chi connectivity index (χ2v) is 3.07. The van der Waals surface area contributed by atoms with Gasteiger partial charge in [-0.25, -0.2) is 4.98 Å². The molecule has 0 amide bonds. The van der Waals surface area contributed by atoms with Crippen molar-refractivity contribution in [2.45, 2.75) is 19.4 Å². The van der Waals surface area contributed by atoms with Crippen molar-refractivity contribution in [3.8, 4) is 0 Å². The third kappa shape index (κ3) is 1.63. The molecule has 0 bridgehead atoms. The minimum atomic E-state index is -0.252. The first kappa shape index (κ1) is 7.91. The zero-order valence-electron chi connectivity index (χ0n) is 6.69. The molecule has 4 heteroatoms. The van der Waals surface area contributed by atoms with E-state index in [1.807, 2.05) is 24.6 Å². The summed E-state index contributed by atoms with van der Waals surface area (Å²) in [7, 11) is 0. The Morgan fingerprint density at radius 2 is 2.36 bits per heavy atom. The van der Waals surface area contributed by atoms with Gasteiger partial charge in [0, 0.05) is 12.4 Å². The highest BCUT2D eigenvalue weighted by Crippen LogP contribution is 2.13. The predicted molar refractivity (Wildman–Crippen MR) is 42.2 cm³/mol. The molecule has 1 aromatic rings. The van der Waals surface area contributed by atoms with Gasteiger partial charge in [0.05, 0.1) is 11.9 Å². The number of imidazole rings is 1. The van der Waals surface area contributed by atoms with Crippen LogP contribution >= 0.6 is 0 Å². The normalized spacial score (nSPS) is 11.5. The zero-order valence-corrected chi connectivity index (χ0v) is 6.69. The Labute approximate surface area is 65.2 Å². The summed E-state index contributed by atoms with van der Waals surface area (Å²) < 4.78 is 1.87. The Kier molecular flexibility index (Phi) is 2.03. The van der Waals surface area contributed by atoms with Gasteiger partial charge in [-0.15, -0.1) is 0 Å². The third-order valence-corrected chi connectivity index (χ3v) is 1.65. The van der Waals surface area contributed by atoms with Gasteiger partial charge in [0.1, 0.15) is 6.54 Å². The Morgan fingerprint density at radius 1 is 1.64 bits per heavy atom. The molecule has 0 atom stereocenters. The van der Waals surface area contributed by atoms with Crippen molar-refractivity contribution in [1.82, 2.24) is 9.55 Å². The smallest absolute Gasteiger partial charge is 0.104 e. The van der Waals surface area contributed by atoms with Crippen LogP contribution in [0.4, 0.5) is 0 Å². The van der Waals surface area contributed by atoms with Gasteiger partial charge in [0.2, 0.25) is 0 Å². The standard InChI is InChI=1S/C7H11N3O/c1-7(2,5-9-11)10-4-3-8-6-10/h3-4,6H,5H2,1-2H3. The summed E-state index contributed by atoms with van der Waals surface area (Å²) in [6.45, 7) is 4.15. The largest absolute Gasteiger partial charge is 0.330 e. The van der Waals surface area contributed by atoms with Gasteiger partial charge in [-0.1, -0.05) is 5.18 Å². The molecule has 0 aliphatic heterocycles. The minimum absolute atomic E-state index is 0.252. The number of aromatic nitrogens is 2. The topological polar surface area (TPSA) is 47.2 Å². The third-order valence-electron chi connectivity index (χ3n) is 1.65. The van der Waals surface area contributed by atoms with E-state index < -0.39 is 0 Å². The molecule has 60 valence electrons. The predicted octanol–water partition coefficient (Wildman–Crippen LogP) is 1.38. The monoisotopic (exact) mass is 153 g/mol. The molecule has 0 saturated heterocycles. The lowest BCUT2D eigenvalue weighted by Gasteiger charge is -2.22. The van der Waals surface area contributed by atoms with Crippen molar-refractivity contribution >= 4 is 0 Å². The summed E-state index contributed by atoms with van der Waals surface area (Å²) in [6, 6.07) is 0. The van der Waals surface area contributed by atoms with Crippen molar-refractivity contribution in [3.63, 3.8) is 0 Å². The molecule has 0 radical (unpaired) electrons. The second kappa shape index (κ2) is 2.82. The average Bonchev–Trinajstić information content (AvgIpc) is 2.37. The molecular formula is C7H11N3O. The second-order valence-electron chi connectivity index (χ2n) is 3.07. The van der Waals surface area contributed by atoms with Crippen LogP contribution in [0.5, 0.6) is 0 Å². The Balaban J connectivity index is 2.81. The van der Waals surface area contributed by atoms with Crippen LogP contribution in [0, 0.1) is 4.91 Å². The van der Waals surface area contributed by atoms with Gasteiger partial charge >= 0.3 is 0 Å². The highest BCUT2D eigenvalue weighted by Gasteiger charge is 2.18. The molecule has 11 heavy (non-hydrogen) atoms. The van der Waals surface area contributed by atoms with E-state index in [1.54, 1.807) is 12.5 Å². The molecular weight excluding hydrogens is 142 g/mol.